The standard InChI is InChI=1S/C15H22ClFN2O/c1-2-20-12-4-3-7-19(10-12)15(9-18)11-5-6-13(16)14(17)8-11/h5-6,8,12,15H,2-4,7,9-10,18H2,1H3. The van der Waals surface area contributed by atoms with Gasteiger partial charge in [0.1, 0.15) is 5.82 Å². The fourth-order valence-electron chi connectivity index (χ4n) is 2.84. The lowest BCUT2D eigenvalue weighted by Crippen LogP contribution is -2.44. The average Bonchev–Trinajstić information content (AvgIpc) is 2.44. The second kappa shape index (κ2) is 7.36. The number of likely N-dealkylation sites (tertiary alicyclic amines) is 1. The highest BCUT2D eigenvalue weighted by molar-refractivity contribution is 6.30. The molecule has 0 radical (unpaired) electrons. The van der Waals surface area contributed by atoms with E-state index in [1.165, 1.54) is 6.07 Å². The predicted octanol–water partition coefficient (Wildman–Crippen LogP) is 2.98. The van der Waals surface area contributed by atoms with Crippen LogP contribution in [-0.4, -0.2) is 37.2 Å². The van der Waals surface area contributed by atoms with Gasteiger partial charge in [-0.1, -0.05) is 17.7 Å². The van der Waals surface area contributed by atoms with Gasteiger partial charge in [-0.2, -0.15) is 0 Å². The molecule has 0 amide bonds. The van der Waals surface area contributed by atoms with E-state index in [-0.39, 0.29) is 23.0 Å². The van der Waals surface area contributed by atoms with Gasteiger partial charge in [-0.25, -0.2) is 4.39 Å². The van der Waals surface area contributed by atoms with Crippen LogP contribution in [0.25, 0.3) is 0 Å². The van der Waals surface area contributed by atoms with Crippen molar-refractivity contribution >= 4 is 11.6 Å². The molecule has 2 atom stereocenters. The Hall–Kier alpha value is -0.680. The Labute approximate surface area is 124 Å². The van der Waals surface area contributed by atoms with E-state index in [1.54, 1.807) is 6.07 Å². The topological polar surface area (TPSA) is 38.5 Å². The monoisotopic (exact) mass is 300 g/mol. The van der Waals surface area contributed by atoms with Gasteiger partial charge in [-0.05, 0) is 44.0 Å². The van der Waals surface area contributed by atoms with Gasteiger partial charge < -0.3 is 10.5 Å². The summed E-state index contributed by atoms with van der Waals surface area (Å²) in [7, 11) is 0. The van der Waals surface area contributed by atoms with Crippen LogP contribution in [0.15, 0.2) is 18.2 Å². The quantitative estimate of drug-likeness (QED) is 0.908. The summed E-state index contributed by atoms with van der Waals surface area (Å²) in [5.41, 5.74) is 6.79. The van der Waals surface area contributed by atoms with Crippen LogP contribution in [0.5, 0.6) is 0 Å². The van der Waals surface area contributed by atoms with Crippen molar-refractivity contribution in [1.82, 2.24) is 4.90 Å². The Kier molecular flexibility index (Phi) is 5.78. The number of hydrogen-bond donors (Lipinski definition) is 1. The summed E-state index contributed by atoms with van der Waals surface area (Å²) < 4.78 is 19.3. The minimum atomic E-state index is -0.388. The average molecular weight is 301 g/mol. The first-order valence-electron chi connectivity index (χ1n) is 7.16. The molecule has 0 bridgehead atoms. The molecule has 2 rings (SSSR count). The predicted molar refractivity (Wildman–Crippen MR) is 79.4 cm³/mol. The van der Waals surface area contributed by atoms with E-state index in [9.17, 15) is 4.39 Å². The van der Waals surface area contributed by atoms with Crippen molar-refractivity contribution in [2.24, 2.45) is 5.73 Å². The first kappa shape index (κ1) is 15.7. The Morgan fingerprint density at radius 3 is 3.00 bits per heavy atom. The number of nitrogens with two attached hydrogens (primary N) is 1. The van der Waals surface area contributed by atoms with Crippen molar-refractivity contribution in [2.75, 3.05) is 26.2 Å². The first-order valence-corrected chi connectivity index (χ1v) is 7.54. The zero-order chi connectivity index (χ0) is 14.5. The summed E-state index contributed by atoms with van der Waals surface area (Å²) in [4.78, 5) is 2.28. The van der Waals surface area contributed by atoms with Gasteiger partial charge in [0.05, 0.1) is 11.1 Å². The molecule has 2 unspecified atom stereocenters. The Balaban J connectivity index is 2.12. The second-order valence-corrected chi connectivity index (χ2v) is 5.55. The van der Waals surface area contributed by atoms with Crippen LogP contribution in [-0.2, 0) is 4.74 Å². The molecule has 1 aliphatic rings. The number of rotatable bonds is 5. The molecule has 0 aromatic heterocycles. The highest BCUT2D eigenvalue weighted by Gasteiger charge is 2.26. The molecule has 0 aliphatic carbocycles. The summed E-state index contributed by atoms with van der Waals surface area (Å²) in [5.74, 6) is -0.388. The molecule has 0 saturated carbocycles. The molecule has 1 aromatic rings. The lowest BCUT2D eigenvalue weighted by Gasteiger charge is -2.37. The minimum Gasteiger partial charge on any atom is -0.377 e. The van der Waals surface area contributed by atoms with E-state index < -0.39 is 0 Å². The van der Waals surface area contributed by atoms with E-state index >= 15 is 0 Å². The maximum Gasteiger partial charge on any atom is 0.142 e. The summed E-state index contributed by atoms with van der Waals surface area (Å²) in [6, 6.07) is 4.96. The van der Waals surface area contributed by atoms with Crippen LogP contribution < -0.4 is 5.73 Å². The lowest BCUT2D eigenvalue weighted by molar-refractivity contribution is -0.00662. The molecule has 5 heteroatoms. The SMILES string of the molecule is CCOC1CCCN(C(CN)c2ccc(Cl)c(F)c2)C1. The molecule has 1 aliphatic heterocycles. The van der Waals surface area contributed by atoms with Crippen LogP contribution in [0.4, 0.5) is 4.39 Å². The van der Waals surface area contributed by atoms with Gasteiger partial charge in [0.2, 0.25) is 0 Å². The molecule has 1 aromatic carbocycles. The number of piperidine rings is 1. The molecule has 112 valence electrons. The number of nitrogens with zero attached hydrogens (tertiary/aromatic N) is 1. The van der Waals surface area contributed by atoms with Crippen molar-refractivity contribution < 1.29 is 9.13 Å². The first-order chi connectivity index (χ1) is 9.65. The third kappa shape index (κ3) is 3.70. The van der Waals surface area contributed by atoms with Gasteiger partial charge in [-0.3, -0.25) is 4.90 Å². The van der Waals surface area contributed by atoms with Gasteiger partial charge in [0.25, 0.3) is 0 Å². The molecule has 3 nitrogen and oxygen atoms in total. The van der Waals surface area contributed by atoms with Gasteiger partial charge in [-0.15, -0.1) is 0 Å². The Bertz CT molecular complexity index is 442. The number of halogens is 2. The van der Waals surface area contributed by atoms with E-state index in [1.807, 2.05) is 13.0 Å². The highest BCUT2D eigenvalue weighted by atomic mass is 35.5. The molecule has 20 heavy (non-hydrogen) atoms. The van der Waals surface area contributed by atoms with Gasteiger partial charge in [0, 0.05) is 25.7 Å². The van der Waals surface area contributed by atoms with Crippen molar-refractivity contribution in [3.63, 3.8) is 0 Å². The molecular weight excluding hydrogens is 279 g/mol. The van der Waals surface area contributed by atoms with Crippen LogP contribution in [0.1, 0.15) is 31.4 Å². The van der Waals surface area contributed by atoms with E-state index in [0.29, 0.717) is 6.54 Å². The summed E-state index contributed by atoms with van der Waals surface area (Å²) >= 11 is 5.74. The van der Waals surface area contributed by atoms with Crippen LogP contribution in [0, 0.1) is 5.82 Å². The normalized spacial score (nSPS) is 21.9. The number of ether oxygens (including phenoxy) is 1. The van der Waals surface area contributed by atoms with E-state index in [4.69, 9.17) is 22.1 Å². The third-order valence-electron chi connectivity index (χ3n) is 3.80. The van der Waals surface area contributed by atoms with Crippen molar-refractivity contribution in [1.29, 1.82) is 0 Å². The maximum absolute atomic E-state index is 13.6. The second-order valence-electron chi connectivity index (χ2n) is 5.14. The van der Waals surface area contributed by atoms with Crippen molar-refractivity contribution in [3.8, 4) is 0 Å². The summed E-state index contributed by atoms with van der Waals surface area (Å²) in [5, 5.41) is 0.148. The van der Waals surface area contributed by atoms with Crippen LogP contribution >= 0.6 is 11.6 Å². The highest BCUT2D eigenvalue weighted by Crippen LogP contribution is 2.27. The molecule has 0 spiro atoms. The molecule has 1 fully saturated rings. The molecular formula is C15H22ClFN2O. The molecule has 1 heterocycles. The Morgan fingerprint density at radius 2 is 2.35 bits per heavy atom. The minimum absolute atomic E-state index is 0.0185. The van der Waals surface area contributed by atoms with Crippen LogP contribution in [0.3, 0.4) is 0 Å². The van der Waals surface area contributed by atoms with Crippen molar-refractivity contribution in [2.45, 2.75) is 31.9 Å². The largest absolute Gasteiger partial charge is 0.377 e. The van der Waals surface area contributed by atoms with Gasteiger partial charge in [0.15, 0.2) is 0 Å². The summed E-state index contributed by atoms with van der Waals surface area (Å²) in [6.45, 7) is 5.00. The smallest absolute Gasteiger partial charge is 0.142 e. The molecule has 1 saturated heterocycles. The number of hydrogen-bond acceptors (Lipinski definition) is 3. The van der Waals surface area contributed by atoms with E-state index in [2.05, 4.69) is 4.90 Å². The van der Waals surface area contributed by atoms with Gasteiger partial charge >= 0.3 is 0 Å². The molecule has 2 N–H and O–H groups in total. The number of benzene rings is 1. The van der Waals surface area contributed by atoms with Crippen molar-refractivity contribution in [3.05, 3.63) is 34.6 Å². The fourth-order valence-corrected chi connectivity index (χ4v) is 2.95. The van der Waals surface area contributed by atoms with Crippen LogP contribution in [0.2, 0.25) is 5.02 Å². The Morgan fingerprint density at radius 1 is 1.55 bits per heavy atom. The lowest BCUT2D eigenvalue weighted by atomic mass is 10.0. The van der Waals surface area contributed by atoms with E-state index in [0.717, 1.165) is 38.1 Å². The summed E-state index contributed by atoms with van der Waals surface area (Å²) in [6.07, 6.45) is 2.41. The zero-order valence-electron chi connectivity index (χ0n) is 11.8. The zero-order valence-corrected chi connectivity index (χ0v) is 12.6. The fraction of sp³-hybridized carbons (Fsp3) is 0.600. The maximum atomic E-state index is 13.6. The third-order valence-corrected chi connectivity index (χ3v) is 4.11.